The fraction of sp³-hybridized carbons (Fsp3) is 0.133. The van der Waals surface area contributed by atoms with Crippen molar-refractivity contribution in [3.63, 3.8) is 0 Å². The van der Waals surface area contributed by atoms with Crippen LogP contribution in [0.25, 0.3) is 0 Å². The summed E-state index contributed by atoms with van der Waals surface area (Å²) in [6.07, 6.45) is 0.426. The van der Waals surface area contributed by atoms with E-state index in [1.165, 1.54) is 12.1 Å². The first-order chi connectivity index (χ1) is 10.0. The number of non-ortho nitro benzene ring substituents is 1. The van der Waals surface area contributed by atoms with E-state index in [1.54, 1.807) is 30.3 Å². The van der Waals surface area contributed by atoms with Crippen molar-refractivity contribution < 1.29 is 4.92 Å². The van der Waals surface area contributed by atoms with Gasteiger partial charge in [0.15, 0.2) is 0 Å². The van der Waals surface area contributed by atoms with Gasteiger partial charge in [0.2, 0.25) is 0 Å². The lowest BCUT2D eigenvalue weighted by Crippen LogP contribution is -2.01. The van der Waals surface area contributed by atoms with Crippen molar-refractivity contribution in [3.05, 3.63) is 73.8 Å². The van der Waals surface area contributed by atoms with Crippen molar-refractivity contribution in [2.24, 2.45) is 0 Å². The summed E-state index contributed by atoms with van der Waals surface area (Å²) in [6, 6.07) is 13.3. The minimum atomic E-state index is -0.457. The molecule has 1 unspecified atom stereocenters. The maximum atomic E-state index is 10.6. The Labute approximate surface area is 131 Å². The van der Waals surface area contributed by atoms with E-state index in [9.17, 15) is 15.4 Å². The van der Waals surface area contributed by atoms with Gasteiger partial charge >= 0.3 is 0 Å². The third-order valence-corrected chi connectivity index (χ3v) is 3.64. The molecule has 0 radical (unpaired) electrons. The molecule has 0 spiro atoms. The van der Waals surface area contributed by atoms with Crippen LogP contribution in [0.4, 0.5) is 5.69 Å². The molecule has 0 N–H and O–H groups in total. The fourth-order valence-electron chi connectivity index (χ4n) is 2.00. The summed E-state index contributed by atoms with van der Waals surface area (Å²) in [5.41, 5.74) is 1.55. The van der Waals surface area contributed by atoms with Crippen LogP contribution in [0.3, 0.4) is 0 Å². The van der Waals surface area contributed by atoms with Gasteiger partial charge in [0.25, 0.3) is 5.69 Å². The first-order valence-corrected chi connectivity index (χ1v) is 6.84. The van der Waals surface area contributed by atoms with Crippen molar-refractivity contribution in [2.45, 2.75) is 12.3 Å². The number of hydrogen-bond acceptors (Lipinski definition) is 3. The van der Waals surface area contributed by atoms with Crippen LogP contribution in [0, 0.1) is 21.4 Å². The molecule has 0 saturated carbocycles. The molecule has 106 valence electrons. The molecule has 1 atom stereocenters. The molecule has 0 bridgehead atoms. The highest BCUT2D eigenvalue weighted by Crippen LogP contribution is 2.30. The molecule has 0 aliphatic carbocycles. The smallest absolute Gasteiger partial charge is 0.258 e. The van der Waals surface area contributed by atoms with E-state index < -0.39 is 10.8 Å². The van der Waals surface area contributed by atoms with Crippen LogP contribution in [0.5, 0.6) is 0 Å². The average molecular weight is 321 g/mol. The third kappa shape index (κ3) is 3.72. The van der Waals surface area contributed by atoms with Crippen LogP contribution >= 0.6 is 23.2 Å². The van der Waals surface area contributed by atoms with Crippen LogP contribution in [-0.2, 0) is 6.42 Å². The number of halogens is 2. The molecule has 6 heteroatoms. The Bertz CT molecular complexity index is 709. The van der Waals surface area contributed by atoms with Gasteiger partial charge in [0.05, 0.1) is 16.9 Å². The average Bonchev–Trinajstić information content (AvgIpc) is 2.46. The summed E-state index contributed by atoms with van der Waals surface area (Å²) in [5.74, 6) is -0.434. The highest BCUT2D eigenvalue weighted by atomic mass is 35.5. The van der Waals surface area contributed by atoms with Crippen LogP contribution < -0.4 is 0 Å². The molecule has 21 heavy (non-hydrogen) atoms. The lowest BCUT2D eigenvalue weighted by atomic mass is 9.93. The third-order valence-electron chi connectivity index (χ3n) is 3.08. The van der Waals surface area contributed by atoms with Crippen LogP contribution in [0.15, 0.2) is 42.5 Å². The normalized spacial score (nSPS) is 11.7. The number of hydrogen-bond donors (Lipinski definition) is 0. The van der Waals surface area contributed by atoms with E-state index in [-0.39, 0.29) is 5.69 Å². The van der Waals surface area contributed by atoms with Crippen molar-refractivity contribution >= 4 is 28.9 Å². The van der Waals surface area contributed by atoms with E-state index in [0.29, 0.717) is 22.0 Å². The van der Waals surface area contributed by atoms with Crippen molar-refractivity contribution in [2.75, 3.05) is 0 Å². The Morgan fingerprint density at radius 3 is 2.38 bits per heavy atom. The van der Waals surface area contributed by atoms with Gasteiger partial charge in [-0.3, -0.25) is 10.1 Å². The zero-order valence-electron chi connectivity index (χ0n) is 10.8. The summed E-state index contributed by atoms with van der Waals surface area (Å²) in [4.78, 5) is 10.2. The number of nitro benzene ring substituents is 1. The van der Waals surface area contributed by atoms with E-state index in [4.69, 9.17) is 23.2 Å². The second-order valence-corrected chi connectivity index (χ2v) is 5.32. The molecule has 4 nitrogen and oxygen atoms in total. The quantitative estimate of drug-likeness (QED) is 0.603. The van der Waals surface area contributed by atoms with E-state index in [2.05, 4.69) is 6.07 Å². The van der Waals surface area contributed by atoms with Gasteiger partial charge < -0.3 is 0 Å². The molecule has 2 aromatic rings. The molecule has 0 aromatic heterocycles. The summed E-state index contributed by atoms with van der Waals surface area (Å²) in [7, 11) is 0. The maximum Gasteiger partial charge on any atom is 0.269 e. The summed E-state index contributed by atoms with van der Waals surface area (Å²) in [6.45, 7) is 0. The summed E-state index contributed by atoms with van der Waals surface area (Å²) >= 11 is 12.0. The molecule has 0 heterocycles. The van der Waals surface area contributed by atoms with Gasteiger partial charge in [-0.05, 0) is 29.7 Å². The van der Waals surface area contributed by atoms with Gasteiger partial charge in [-0.2, -0.15) is 5.26 Å². The second kappa shape index (κ2) is 6.57. The predicted octanol–water partition coefficient (Wildman–Crippen LogP) is 4.75. The zero-order chi connectivity index (χ0) is 15.4. The first-order valence-electron chi connectivity index (χ1n) is 6.09. The largest absolute Gasteiger partial charge is 0.269 e. The maximum absolute atomic E-state index is 10.6. The van der Waals surface area contributed by atoms with Crippen molar-refractivity contribution in [1.29, 1.82) is 5.26 Å². The van der Waals surface area contributed by atoms with Crippen molar-refractivity contribution in [1.82, 2.24) is 0 Å². The monoisotopic (exact) mass is 320 g/mol. The molecule has 2 rings (SSSR count). The Balaban J connectivity index is 2.23. The van der Waals surface area contributed by atoms with Gasteiger partial charge in [0, 0.05) is 22.2 Å². The molecule has 2 aromatic carbocycles. The lowest BCUT2D eigenvalue weighted by Gasteiger charge is -2.11. The molecule has 0 fully saturated rings. The Kier molecular flexibility index (Phi) is 4.79. The fourth-order valence-corrected chi connectivity index (χ4v) is 2.54. The molecule has 0 aliphatic rings. The summed E-state index contributed by atoms with van der Waals surface area (Å²) < 4.78 is 0. The van der Waals surface area contributed by atoms with E-state index >= 15 is 0 Å². The van der Waals surface area contributed by atoms with Crippen LogP contribution in [-0.4, -0.2) is 4.92 Å². The molecular weight excluding hydrogens is 311 g/mol. The Morgan fingerprint density at radius 1 is 1.19 bits per heavy atom. The topological polar surface area (TPSA) is 66.9 Å². The second-order valence-electron chi connectivity index (χ2n) is 4.48. The zero-order valence-corrected chi connectivity index (χ0v) is 12.3. The number of nitriles is 1. The minimum Gasteiger partial charge on any atom is -0.258 e. The highest BCUT2D eigenvalue weighted by Gasteiger charge is 2.16. The summed E-state index contributed by atoms with van der Waals surface area (Å²) in [5, 5.41) is 20.9. The van der Waals surface area contributed by atoms with Gasteiger partial charge in [-0.25, -0.2) is 0 Å². The van der Waals surface area contributed by atoms with Crippen molar-refractivity contribution in [3.8, 4) is 6.07 Å². The number of rotatable bonds is 4. The van der Waals surface area contributed by atoms with Gasteiger partial charge in [-0.15, -0.1) is 0 Å². The van der Waals surface area contributed by atoms with E-state index in [0.717, 1.165) is 5.56 Å². The van der Waals surface area contributed by atoms with Gasteiger partial charge in [-0.1, -0.05) is 41.4 Å². The highest BCUT2D eigenvalue weighted by molar-refractivity contribution is 6.35. The number of nitrogens with zero attached hydrogens (tertiary/aromatic N) is 2. The minimum absolute atomic E-state index is 0.0248. The van der Waals surface area contributed by atoms with Gasteiger partial charge in [0.1, 0.15) is 0 Å². The van der Waals surface area contributed by atoms with E-state index in [1.807, 2.05) is 0 Å². The number of nitro groups is 1. The van der Waals surface area contributed by atoms with Crippen LogP contribution in [0.2, 0.25) is 10.0 Å². The SMILES string of the molecule is N#CC(Cc1ccc([N+](=O)[O-])cc1)c1ccc(Cl)cc1Cl. The lowest BCUT2D eigenvalue weighted by molar-refractivity contribution is -0.384. The number of benzene rings is 2. The first kappa shape index (κ1) is 15.3. The molecular formula is C15H10Cl2N2O2. The molecule has 0 amide bonds. The molecule has 0 aliphatic heterocycles. The van der Waals surface area contributed by atoms with Crippen LogP contribution in [0.1, 0.15) is 17.0 Å². The Morgan fingerprint density at radius 2 is 1.86 bits per heavy atom. The Hall–Kier alpha value is -2.09. The molecule has 0 saturated heterocycles. The standard InChI is InChI=1S/C15H10Cl2N2O2/c16-12-3-6-14(15(17)8-12)11(9-18)7-10-1-4-13(5-2-10)19(20)21/h1-6,8,11H,7H2. The predicted molar refractivity (Wildman–Crippen MR) is 81.6 cm³/mol.